The summed E-state index contributed by atoms with van der Waals surface area (Å²) >= 11 is 12.3. The van der Waals surface area contributed by atoms with Gasteiger partial charge in [-0.3, -0.25) is 9.10 Å². The maximum Gasteiger partial charge on any atom is 0.264 e. The average Bonchev–Trinajstić information content (AvgIpc) is 2.81. The fourth-order valence-electron chi connectivity index (χ4n) is 3.39. The number of hydrogen-bond donors (Lipinski definition) is 1. The fraction of sp³-hybridized carbons (Fsp3) is 0.240. The van der Waals surface area contributed by atoms with Crippen LogP contribution >= 0.6 is 23.2 Å². The summed E-state index contributed by atoms with van der Waals surface area (Å²) in [6.07, 6.45) is 1.34. The Morgan fingerprint density at radius 1 is 1.03 bits per heavy atom. The molecule has 9 heteroatoms. The molecule has 0 unspecified atom stereocenters. The molecule has 0 heterocycles. The number of methoxy groups -OCH3 is 1. The van der Waals surface area contributed by atoms with Crippen LogP contribution in [0.25, 0.3) is 0 Å². The lowest BCUT2D eigenvalue weighted by molar-refractivity contribution is -0.119. The predicted molar refractivity (Wildman–Crippen MR) is 136 cm³/mol. The molecule has 0 saturated carbocycles. The highest BCUT2D eigenvalue weighted by atomic mass is 35.5. The molecule has 3 rings (SSSR count). The van der Waals surface area contributed by atoms with Crippen molar-refractivity contribution in [2.75, 3.05) is 24.5 Å². The van der Waals surface area contributed by atoms with Crippen LogP contribution in [0.15, 0.2) is 71.6 Å². The lowest BCUT2D eigenvalue weighted by Gasteiger charge is -2.26. The van der Waals surface area contributed by atoms with E-state index in [1.807, 2.05) is 31.2 Å². The number of aryl methyl sites for hydroxylation is 2. The molecule has 0 saturated heterocycles. The van der Waals surface area contributed by atoms with Gasteiger partial charge in [-0.1, -0.05) is 59.1 Å². The normalized spacial score (nSPS) is 11.2. The minimum Gasteiger partial charge on any atom is -0.495 e. The van der Waals surface area contributed by atoms with Crippen LogP contribution in [-0.4, -0.2) is 34.5 Å². The van der Waals surface area contributed by atoms with Crippen molar-refractivity contribution in [2.24, 2.45) is 0 Å². The van der Waals surface area contributed by atoms with Crippen LogP contribution in [0, 0.1) is 6.92 Å². The molecule has 1 N–H and O–H groups in total. The molecule has 0 atom stereocenters. The first-order valence-electron chi connectivity index (χ1n) is 10.7. The highest BCUT2D eigenvalue weighted by molar-refractivity contribution is 7.92. The second-order valence-corrected chi connectivity index (χ2v) is 10.4. The van der Waals surface area contributed by atoms with Crippen molar-refractivity contribution < 1.29 is 17.9 Å². The van der Waals surface area contributed by atoms with Gasteiger partial charge >= 0.3 is 0 Å². The Hall–Kier alpha value is -2.74. The van der Waals surface area contributed by atoms with E-state index in [4.69, 9.17) is 27.9 Å². The molecule has 1 amide bonds. The van der Waals surface area contributed by atoms with Crippen LogP contribution in [0.1, 0.15) is 17.5 Å². The quantitative estimate of drug-likeness (QED) is 0.370. The summed E-state index contributed by atoms with van der Waals surface area (Å²) in [5.74, 6) is -0.163. The Labute approximate surface area is 210 Å². The van der Waals surface area contributed by atoms with Crippen LogP contribution in [0.4, 0.5) is 5.69 Å². The van der Waals surface area contributed by atoms with E-state index >= 15 is 0 Å². The number of nitrogens with zero attached hydrogens (tertiary/aromatic N) is 1. The molecule has 6 nitrogen and oxygen atoms in total. The Morgan fingerprint density at radius 2 is 1.74 bits per heavy atom. The van der Waals surface area contributed by atoms with E-state index in [0.29, 0.717) is 29.4 Å². The molecule has 34 heavy (non-hydrogen) atoms. The number of amides is 1. The van der Waals surface area contributed by atoms with Crippen LogP contribution in [0.2, 0.25) is 10.0 Å². The van der Waals surface area contributed by atoms with E-state index < -0.39 is 22.5 Å². The van der Waals surface area contributed by atoms with Crippen molar-refractivity contribution in [3.63, 3.8) is 0 Å². The van der Waals surface area contributed by atoms with Crippen LogP contribution in [-0.2, 0) is 21.2 Å². The SMILES string of the molecule is COc1ccc(Cl)cc1N(CC(=O)NCCCc1ccccc1Cl)S(=O)(=O)c1ccc(C)cc1. The molecule has 0 radical (unpaired) electrons. The number of ether oxygens (including phenoxy) is 1. The Balaban J connectivity index is 1.80. The third-order valence-electron chi connectivity index (χ3n) is 5.21. The standard InChI is InChI=1S/C25H26Cl2N2O4S/c1-18-9-12-21(13-10-18)34(31,32)29(23-16-20(26)11-14-24(23)33-2)17-25(30)28-15-5-7-19-6-3-4-8-22(19)27/h3-4,6,8-14,16H,5,7,15,17H2,1-2H3,(H,28,30). The van der Waals surface area contributed by atoms with E-state index in [1.54, 1.807) is 24.3 Å². The van der Waals surface area contributed by atoms with Crippen LogP contribution < -0.4 is 14.4 Å². The number of benzene rings is 3. The van der Waals surface area contributed by atoms with Gasteiger partial charge in [-0.05, 0) is 61.7 Å². The van der Waals surface area contributed by atoms with Gasteiger partial charge in [0.1, 0.15) is 12.3 Å². The Morgan fingerprint density at radius 3 is 2.41 bits per heavy atom. The van der Waals surface area contributed by atoms with E-state index in [-0.39, 0.29) is 16.3 Å². The Bertz CT molecular complexity index is 1250. The van der Waals surface area contributed by atoms with Gasteiger partial charge < -0.3 is 10.1 Å². The number of nitrogens with one attached hydrogen (secondary N) is 1. The molecular formula is C25H26Cl2N2O4S. The van der Waals surface area contributed by atoms with Gasteiger partial charge in [-0.25, -0.2) is 8.42 Å². The molecule has 3 aromatic carbocycles. The zero-order valence-corrected chi connectivity index (χ0v) is 21.3. The molecule has 0 aliphatic heterocycles. The number of carbonyl (C=O) groups is 1. The first kappa shape index (κ1) is 25.9. The maximum atomic E-state index is 13.5. The third kappa shape index (κ3) is 6.44. The Kier molecular flexibility index (Phi) is 8.83. The third-order valence-corrected chi connectivity index (χ3v) is 7.59. The maximum absolute atomic E-state index is 13.5. The summed E-state index contributed by atoms with van der Waals surface area (Å²) < 4.78 is 33.5. The summed E-state index contributed by atoms with van der Waals surface area (Å²) in [7, 11) is -2.65. The number of halogens is 2. The molecule has 0 fully saturated rings. The number of hydrogen-bond acceptors (Lipinski definition) is 4. The van der Waals surface area contributed by atoms with Crippen LogP contribution in [0.3, 0.4) is 0 Å². The van der Waals surface area contributed by atoms with Gasteiger partial charge in [-0.15, -0.1) is 0 Å². The summed E-state index contributed by atoms with van der Waals surface area (Å²) in [6.45, 7) is 1.80. The van der Waals surface area contributed by atoms with Gasteiger partial charge in [0.25, 0.3) is 10.0 Å². The van der Waals surface area contributed by atoms with Gasteiger partial charge in [-0.2, -0.15) is 0 Å². The van der Waals surface area contributed by atoms with Crippen molar-refractivity contribution in [3.05, 3.63) is 87.9 Å². The molecular weight excluding hydrogens is 495 g/mol. The van der Waals surface area contributed by atoms with Crippen LogP contribution in [0.5, 0.6) is 5.75 Å². The lowest BCUT2D eigenvalue weighted by atomic mass is 10.1. The van der Waals surface area contributed by atoms with E-state index in [1.165, 1.54) is 25.3 Å². The minimum absolute atomic E-state index is 0.0617. The monoisotopic (exact) mass is 520 g/mol. The largest absolute Gasteiger partial charge is 0.495 e. The second kappa shape index (κ2) is 11.6. The van der Waals surface area contributed by atoms with Crippen molar-refractivity contribution in [3.8, 4) is 5.75 Å². The summed E-state index contributed by atoms with van der Waals surface area (Å²) in [5.41, 5.74) is 2.09. The fourth-order valence-corrected chi connectivity index (χ4v) is 5.21. The molecule has 0 bridgehead atoms. The molecule has 0 aliphatic rings. The van der Waals surface area contributed by atoms with Crippen molar-refractivity contribution in [1.82, 2.24) is 5.32 Å². The predicted octanol–water partition coefficient (Wildman–Crippen LogP) is 5.25. The van der Waals surface area contributed by atoms with E-state index in [9.17, 15) is 13.2 Å². The number of rotatable bonds is 10. The summed E-state index contributed by atoms with van der Waals surface area (Å²) in [6, 6.07) is 18.6. The molecule has 3 aromatic rings. The topological polar surface area (TPSA) is 75.7 Å². The zero-order chi connectivity index (χ0) is 24.7. The minimum atomic E-state index is -4.08. The smallest absolute Gasteiger partial charge is 0.264 e. The summed E-state index contributed by atoms with van der Waals surface area (Å²) in [4.78, 5) is 12.9. The highest BCUT2D eigenvalue weighted by Gasteiger charge is 2.29. The summed E-state index contributed by atoms with van der Waals surface area (Å²) in [5, 5.41) is 3.79. The molecule has 0 aromatic heterocycles. The number of carbonyl (C=O) groups excluding carboxylic acids is 1. The van der Waals surface area contributed by atoms with Gasteiger partial charge in [0.2, 0.25) is 5.91 Å². The average molecular weight is 521 g/mol. The van der Waals surface area contributed by atoms with E-state index in [0.717, 1.165) is 15.4 Å². The first-order chi connectivity index (χ1) is 16.2. The van der Waals surface area contributed by atoms with Gasteiger partial charge in [0.15, 0.2) is 0 Å². The lowest BCUT2D eigenvalue weighted by Crippen LogP contribution is -2.41. The number of sulfonamides is 1. The molecule has 180 valence electrons. The highest BCUT2D eigenvalue weighted by Crippen LogP contribution is 2.34. The molecule has 0 aliphatic carbocycles. The van der Waals surface area contributed by atoms with E-state index in [2.05, 4.69) is 5.32 Å². The van der Waals surface area contributed by atoms with Crippen molar-refractivity contribution in [2.45, 2.75) is 24.7 Å². The second-order valence-electron chi connectivity index (χ2n) is 7.69. The van der Waals surface area contributed by atoms with Crippen molar-refractivity contribution >= 4 is 44.8 Å². The zero-order valence-electron chi connectivity index (χ0n) is 18.9. The number of anilines is 1. The van der Waals surface area contributed by atoms with Crippen molar-refractivity contribution in [1.29, 1.82) is 0 Å². The van der Waals surface area contributed by atoms with Gasteiger partial charge in [0, 0.05) is 16.6 Å². The first-order valence-corrected chi connectivity index (χ1v) is 12.8. The van der Waals surface area contributed by atoms with Gasteiger partial charge in [0.05, 0.1) is 17.7 Å². The molecule has 0 spiro atoms.